The van der Waals surface area contributed by atoms with Gasteiger partial charge in [0.1, 0.15) is 18.3 Å². The van der Waals surface area contributed by atoms with Gasteiger partial charge in [-0.25, -0.2) is 8.78 Å². The van der Waals surface area contributed by atoms with E-state index in [0.29, 0.717) is 17.4 Å². The fourth-order valence-corrected chi connectivity index (χ4v) is 3.45. The molecule has 1 aliphatic heterocycles. The van der Waals surface area contributed by atoms with E-state index in [4.69, 9.17) is 0 Å². The lowest BCUT2D eigenvalue weighted by Crippen LogP contribution is -2.53. The van der Waals surface area contributed by atoms with Gasteiger partial charge in [-0.05, 0) is 35.4 Å². The highest BCUT2D eigenvalue weighted by atomic mass is 19.1. The first-order chi connectivity index (χ1) is 14.9. The summed E-state index contributed by atoms with van der Waals surface area (Å²) in [5, 5.41) is 12.0. The minimum atomic E-state index is -0.944. The van der Waals surface area contributed by atoms with Gasteiger partial charge in [-0.15, -0.1) is 0 Å². The van der Waals surface area contributed by atoms with Crippen LogP contribution in [0.2, 0.25) is 0 Å². The van der Waals surface area contributed by atoms with E-state index >= 15 is 0 Å². The van der Waals surface area contributed by atoms with Crippen molar-refractivity contribution in [1.82, 2.24) is 9.58 Å². The molecule has 9 heteroatoms. The molecule has 0 spiro atoms. The molecule has 158 valence electrons. The van der Waals surface area contributed by atoms with Crippen molar-refractivity contribution in [2.75, 3.05) is 11.7 Å². The molecule has 7 nitrogen and oxygen atoms in total. The normalized spacial score (nSPS) is 13.3. The highest BCUT2D eigenvalue weighted by Gasteiger charge is 2.33. The van der Waals surface area contributed by atoms with Crippen LogP contribution >= 0.6 is 0 Å². The van der Waals surface area contributed by atoms with Crippen molar-refractivity contribution < 1.29 is 23.5 Å². The first-order valence-electron chi connectivity index (χ1n) is 9.34. The van der Waals surface area contributed by atoms with Crippen LogP contribution in [-0.2, 0) is 13.1 Å². The van der Waals surface area contributed by atoms with E-state index in [9.17, 15) is 28.3 Å². The number of carbonyl (C=O) groups excluding carboxylic acids is 2. The highest BCUT2D eigenvalue weighted by Crippen LogP contribution is 2.23. The van der Waals surface area contributed by atoms with Crippen LogP contribution in [0.3, 0.4) is 0 Å². The topological polar surface area (TPSA) is 82.8 Å². The summed E-state index contributed by atoms with van der Waals surface area (Å²) in [4.78, 5) is 38.0. The van der Waals surface area contributed by atoms with E-state index in [-0.39, 0.29) is 31.0 Å². The van der Waals surface area contributed by atoms with Gasteiger partial charge in [-0.1, -0.05) is 24.3 Å². The van der Waals surface area contributed by atoms with Crippen molar-refractivity contribution in [1.29, 1.82) is 0 Å². The molecule has 0 saturated carbocycles. The minimum absolute atomic E-state index is 0.0429. The van der Waals surface area contributed by atoms with Crippen LogP contribution in [0, 0.1) is 11.6 Å². The van der Waals surface area contributed by atoms with E-state index in [1.165, 1.54) is 52.2 Å². The number of nitrogens with zero attached hydrogens (tertiary/aromatic N) is 3. The Hall–Kier alpha value is -4.01. The number of rotatable bonds is 5. The second-order valence-electron chi connectivity index (χ2n) is 7.14. The van der Waals surface area contributed by atoms with E-state index in [1.807, 2.05) is 0 Å². The van der Waals surface area contributed by atoms with Gasteiger partial charge >= 0.3 is 0 Å². The zero-order valence-electron chi connectivity index (χ0n) is 16.2. The monoisotopic (exact) mass is 425 g/mol. The zero-order chi connectivity index (χ0) is 22.1. The summed E-state index contributed by atoms with van der Waals surface area (Å²) >= 11 is 0. The molecule has 2 heterocycles. The third-order valence-electron chi connectivity index (χ3n) is 5.01. The molecule has 1 amide bonds. The number of hydrogen-bond acceptors (Lipinski definition) is 5. The smallest absolute Gasteiger partial charge is 0.278 e. The Balaban J connectivity index is 1.76. The number of aromatic hydroxyl groups is 1. The van der Waals surface area contributed by atoms with Gasteiger partial charge in [0.05, 0.1) is 12.1 Å². The van der Waals surface area contributed by atoms with E-state index in [2.05, 4.69) is 0 Å². The minimum Gasteiger partial charge on any atom is -0.502 e. The highest BCUT2D eigenvalue weighted by molar-refractivity contribution is 5.96. The molecule has 4 rings (SSSR count). The summed E-state index contributed by atoms with van der Waals surface area (Å²) in [6, 6.07) is 11.3. The second kappa shape index (κ2) is 8.02. The Morgan fingerprint density at radius 2 is 1.45 bits per heavy atom. The Morgan fingerprint density at radius 1 is 0.903 bits per heavy atom. The van der Waals surface area contributed by atoms with Gasteiger partial charge in [0.25, 0.3) is 5.91 Å². The predicted octanol–water partition coefficient (Wildman–Crippen LogP) is 2.40. The number of carbonyl (C=O) groups is 2. The fourth-order valence-electron chi connectivity index (χ4n) is 3.45. The molecular formula is C22H17F2N3O4. The first-order valence-corrected chi connectivity index (χ1v) is 9.34. The van der Waals surface area contributed by atoms with Crippen LogP contribution in [0.1, 0.15) is 32.0 Å². The maximum atomic E-state index is 13.3. The zero-order valence-corrected chi connectivity index (χ0v) is 16.2. The average molecular weight is 425 g/mol. The van der Waals surface area contributed by atoms with E-state index in [1.54, 1.807) is 17.1 Å². The van der Waals surface area contributed by atoms with E-state index in [0.717, 1.165) is 0 Å². The molecule has 1 N–H and O–H groups in total. The second-order valence-corrected chi connectivity index (χ2v) is 7.14. The van der Waals surface area contributed by atoms with Crippen LogP contribution < -0.4 is 10.4 Å². The van der Waals surface area contributed by atoms with Crippen molar-refractivity contribution in [3.05, 3.63) is 99.0 Å². The number of benzene rings is 2. The molecule has 0 fully saturated rings. The van der Waals surface area contributed by atoms with Gasteiger partial charge in [-0.2, -0.15) is 0 Å². The van der Waals surface area contributed by atoms with Gasteiger partial charge < -0.3 is 10.0 Å². The lowest BCUT2D eigenvalue weighted by Gasteiger charge is -2.40. The van der Waals surface area contributed by atoms with Crippen LogP contribution in [0.5, 0.6) is 5.75 Å². The molecule has 0 bridgehead atoms. The Labute approximate surface area is 175 Å². The average Bonchev–Trinajstić information content (AvgIpc) is 2.76. The molecule has 31 heavy (non-hydrogen) atoms. The SMILES string of the molecule is O=Cc1cn2c(c(O)c1=O)C(=O)N(Cc1ccc(F)cc1)CN2Cc1ccc(F)cc1. The number of halogens is 2. The number of aromatic nitrogens is 1. The largest absolute Gasteiger partial charge is 0.502 e. The summed E-state index contributed by atoms with van der Waals surface area (Å²) < 4.78 is 27.8. The van der Waals surface area contributed by atoms with Crippen LogP contribution in [0.15, 0.2) is 59.5 Å². The summed E-state index contributed by atoms with van der Waals surface area (Å²) in [7, 11) is 0. The lowest BCUT2D eigenvalue weighted by molar-refractivity contribution is 0.0670. The van der Waals surface area contributed by atoms with Crippen molar-refractivity contribution in [3.8, 4) is 5.75 Å². The summed E-state index contributed by atoms with van der Waals surface area (Å²) in [6.45, 7) is 0.338. The number of fused-ring (bicyclic) bond motifs is 1. The third-order valence-corrected chi connectivity index (χ3v) is 5.01. The Kier molecular flexibility index (Phi) is 5.24. The lowest BCUT2D eigenvalue weighted by atomic mass is 10.1. The Morgan fingerprint density at radius 3 is 2.00 bits per heavy atom. The summed E-state index contributed by atoms with van der Waals surface area (Å²) in [6.07, 6.45) is 1.50. The molecule has 3 aromatic rings. The summed E-state index contributed by atoms with van der Waals surface area (Å²) in [5.74, 6) is -2.27. The number of hydrogen-bond donors (Lipinski definition) is 1. The van der Waals surface area contributed by atoms with Crippen molar-refractivity contribution in [2.45, 2.75) is 13.1 Å². The maximum absolute atomic E-state index is 13.3. The van der Waals surface area contributed by atoms with Gasteiger partial charge in [-0.3, -0.25) is 24.1 Å². The molecule has 2 aromatic carbocycles. The summed E-state index contributed by atoms with van der Waals surface area (Å²) in [5.41, 5.74) is -0.179. The van der Waals surface area contributed by atoms with E-state index < -0.39 is 28.7 Å². The first kappa shape index (κ1) is 20.3. The standard InChI is InChI=1S/C22H17F2N3O4/c23-17-5-1-14(2-6-17)9-25-13-26(10-15-3-7-18(24)8-4-15)27-11-16(12-28)20(29)21(30)19(27)22(25)31/h1-8,11-12,30H,9-10,13H2. The quantitative estimate of drug-likeness (QED) is 0.635. The number of aldehydes is 1. The Bertz CT molecular complexity index is 1210. The predicted molar refractivity (Wildman–Crippen MR) is 107 cm³/mol. The fraction of sp³-hybridized carbons (Fsp3) is 0.136. The van der Waals surface area contributed by atoms with Gasteiger partial charge in [0.2, 0.25) is 5.43 Å². The number of amides is 1. The van der Waals surface area contributed by atoms with Gasteiger partial charge in [0.15, 0.2) is 17.7 Å². The van der Waals surface area contributed by atoms with Crippen molar-refractivity contribution in [3.63, 3.8) is 0 Å². The van der Waals surface area contributed by atoms with Crippen molar-refractivity contribution in [2.24, 2.45) is 0 Å². The van der Waals surface area contributed by atoms with Crippen molar-refractivity contribution >= 4 is 12.2 Å². The molecule has 0 radical (unpaired) electrons. The number of pyridine rings is 1. The maximum Gasteiger partial charge on any atom is 0.278 e. The molecule has 0 aliphatic carbocycles. The molecule has 1 aromatic heterocycles. The van der Waals surface area contributed by atoms with Gasteiger partial charge in [0, 0.05) is 12.7 Å². The van der Waals surface area contributed by atoms with Crippen LogP contribution in [-0.4, -0.2) is 33.5 Å². The van der Waals surface area contributed by atoms with Crippen LogP contribution in [0.25, 0.3) is 0 Å². The molecular weight excluding hydrogens is 408 g/mol. The molecule has 0 unspecified atom stereocenters. The van der Waals surface area contributed by atoms with Crippen LogP contribution in [0.4, 0.5) is 8.78 Å². The molecule has 1 aliphatic rings. The molecule has 0 saturated heterocycles. The third kappa shape index (κ3) is 3.89. The molecule has 0 atom stereocenters.